The van der Waals surface area contributed by atoms with E-state index in [0.29, 0.717) is 12.8 Å². The molecule has 0 aliphatic carbocycles. The lowest BCUT2D eigenvalue weighted by atomic mass is 10.0. The zero-order chi connectivity index (χ0) is 37.3. The van der Waals surface area contributed by atoms with Crippen LogP contribution in [0.4, 0.5) is 0 Å². The number of unbranched alkanes of at least 4 members (excludes halogenated alkanes) is 32. The summed E-state index contributed by atoms with van der Waals surface area (Å²) in [5, 5.41) is 5.83. The molecule has 1 unspecified atom stereocenters. The number of carbonyl (C=O) groups is 2. The summed E-state index contributed by atoms with van der Waals surface area (Å²) in [6.07, 6.45) is 45.4. The normalized spacial score (nSPS) is 12.1. The van der Waals surface area contributed by atoms with Crippen LogP contribution in [0, 0.1) is 0 Å². The highest BCUT2D eigenvalue weighted by atomic mass is 32.4. The van der Waals surface area contributed by atoms with Crippen molar-refractivity contribution in [1.82, 2.24) is 10.6 Å². The molecule has 304 valence electrons. The molecule has 3 N–H and O–H groups in total. The third-order valence-corrected chi connectivity index (χ3v) is 11.2. The summed E-state index contributed by atoms with van der Waals surface area (Å²) in [5.74, 6) is -0.00840. The lowest BCUT2D eigenvalue weighted by Gasteiger charge is -2.18. The van der Waals surface area contributed by atoms with Gasteiger partial charge in [-0.3, -0.25) is 9.59 Å². The van der Waals surface area contributed by atoms with E-state index in [1.165, 1.54) is 193 Å². The van der Waals surface area contributed by atoms with Crippen molar-refractivity contribution in [3.05, 3.63) is 0 Å². The van der Waals surface area contributed by atoms with Gasteiger partial charge in [0.25, 0.3) is 0 Å². The monoisotopic (exact) mass is 759 g/mol. The number of hydrogen-bond donors (Lipinski definition) is 3. The van der Waals surface area contributed by atoms with Crippen molar-refractivity contribution in [3.8, 4) is 0 Å². The van der Waals surface area contributed by atoms with Crippen molar-refractivity contribution in [2.75, 3.05) is 13.1 Å². The molecule has 0 saturated heterocycles. The SMILES string of the molecule is CCCCCCCCCCCCCCCCCCCC(=O)NCC(CNC(=O)CCCCCCCCCCCCCCCCCCC)O[PH](O)=S. The van der Waals surface area contributed by atoms with Gasteiger partial charge in [-0.15, -0.1) is 0 Å². The largest absolute Gasteiger partial charge is 0.353 e. The van der Waals surface area contributed by atoms with Crippen LogP contribution in [-0.2, 0) is 25.9 Å². The van der Waals surface area contributed by atoms with Gasteiger partial charge in [0.15, 0.2) is 7.15 Å². The Bertz CT molecular complexity index is 718. The van der Waals surface area contributed by atoms with Crippen LogP contribution in [0.25, 0.3) is 0 Å². The molecule has 51 heavy (non-hydrogen) atoms. The fourth-order valence-electron chi connectivity index (χ4n) is 6.95. The minimum absolute atomic E-state index is 0.00420. The van der Waals surface area contributed by atoms with Crippen LogP contribution >= 0.6 is 7.15 Å². The minimum atomic E-state index is -2.34. The molecule has 0 rings (SSSR count). The van der Waals surface area contributed by atoms with Crippen molar-refractivity contribution >= 4 is 30.8 Å². The van der Waals surface area contributed by atoms with Crippen molar-refractivity contribution in [3.63, 3.8) is 0 Å². The minimum Gasteiger partial charge on any atom is -0.353 e. The second kappa shape index (κ2) is 42.3. The van der Waals surface area contributed by atoms with Gasteiger partial charge in [0.1, 0.15) is 0 Å². The third kappa shape index (κ3) is 42.1. The van der Waals surface area contributed by atoms with Crippen LogP contribution in [-0.4, -0.2) is 35.9 Å². The Balaban J connectivity index is 3.65. The van der Waals surface area contributed by atoms with Crippen molar-refractivity contribution < 1.29 is 19.0 Å². The van der Waals surface area contributed by atoms with Gasteiger partial charge in [-0.25, -0.2) is 0 Å². The summed E-state index contributed by atoms with van der Waals surface area (Å²) in [5.41, 5.74) is 0. The second-order valence-electron chi connectivity index (χ2n) is 15.4. The third-order valence-electron chi connectivity index (χ3n) is 10.3. The van der Waals surface area contributed by atoms with Crippen LogP contribution in [0.5, 0.6) is 0 Å². The molecule has 1 atom stereocenters. The molecule has 0 aliphatic rings. The predicted octanol–water partition coefficient (Wildman–Crippen LogP) is 13.2. The summed E-state index contributed by atoms with van der Waals surface area (Å²) >= 11 is 4.88. The zero-order valence-corrected chi connectivity index (χ0v) is 35.8. The average Bonchev–Trinajstić information content (AvgIpc) is 3.11. The molecule has 2 amide bonds. The molecular weight excluding hydrogens is 672 g/mol. The molecule has 0 aromatic carbocycles. The number of amides is 2. The van der Waals surface area contributed by atoms with Crippen LogP contribution in [0.3, 0.4) is 0 Å². The van der Waals surface area contributed by atoms with Gasteiger partial charge in [-0.2, -0.15) is 0 Å². The predicted molar refractivity (Wildman–Crippen MR) is 226 cm³/mol. The number of hydrogen-bond acceptors (Lipinski definition) is 4. The Labute approximate surface area is 323 Å². The van der Waals surface area contributed by atoms with E-state index in [4.69, 9.17) is 16.3 Å². The Kier molecular flexibility index (Phi) is 41.8. The van der Waals surface area contributed by atoms with Gasteiger partial charge < -0.3 is 20.1 Å². The van der Waals surface area contributed by atoms with E-state index in [1.807, 2.05) is 0 Å². The molecule has 0 aromatic heterocycles. The van der Waals surface area contributed by atoms with Gasteiger partial charge in [0.05, 0.1) is 6.10 Å². The molecule has 0 spiro atoms. The highest BCUT2D eigenvalue weighted by Crippen LogP contribution is 2.19. The summed E-state index contributed by atoms with van der Waals surface area (Å²) < 4.78 is 5.47. The molecule has 0 saturated carbocycles. The number of carbonyl (C=O) groups excluding carboxylic acids is 2. The van der Waals surface area contributed by atoms with E-state index in [2.05, 4.69) is 24.5 Å². The Morgan fingerprint density at radius 3 is 0.882 bits per heavy atom. The average molecular weight is 759 g/mol. The molecule has 0 aliphatic heterocycles. The maximum atomic E-state index is 12.4. The van der Waals surface area contributed by atoms with Crippen molar-refractivity contribution in [2.24, 2.45) is 0 Å². The Morgan fingerprint density at radius 1 is 0.451 bits per heavy atom. The molecule has 0 heterocycles. The Morgan fingerprint density at radius 2 is 0.667 bits per heavy atom. The van der Waals surface area contributed by atoms with E-state index < -0.39 is 13.3 Å². The fourth-order valence-corrected chi connectivity index (χ4v) is 7.81. The van der Waals surface area contributed by atoms with Crippen LogP contribution < -0.4 is 10.6 Å². The summed E-state index contributed by atoms with van der Waals surface area (Å²) in [6, 6.07) is 0. The maximum Gasteiger partial charge on any atom is 0.220 e. The number of nitrogens with one attached hydrogen (secondary N) is 2. The van der Waals surface area contributed by atoms with Gasteiger partial charge in [-0.05, 0) is 24.6 Å². The number of rotatable bonds is 42. The lowest BCUT2D eigenvalue weighted by molar-refractivity contribution is -0.121. The molecule has 6 nitrogen and oxygen atoms in total. The van der Waals surface area contributed by atoms with E-state index in [-0.39, 0.29) is 24.9 Å². The molecule has 0 bridgehead atoms. The zero-order valence-electron chi connectivity index (χ0n) is 34.0. The summed E-state index contributed by atoms with van der Waals surface area (Å²) in [6.45, 7) is 5.06. The standard InChI is InChI=1S/C43H87N2O4PS/c1-3-5-7-9-11-13-15-17-19-21-23-25-27-29-31-33-35-37-42(46)44-39-41(49-50(48)51)40-45-43(47)38-36-34-32-30-28-26-24-22-20-18-16-14-12-10-8-6-4-2/h41,50H,3-40H2,1-2H3,(H,44,46)(H,45,47)(H,48,51). The van der Waals surface area contributed by atoms with Gasteiger partial charge in [0, 0.05) is 25.9 Å². The molecule has 8 heteroatoms. The lowest BCUT2D eigenvalue weighted by Crippen LogP contribution is -2.40. The highest BCUT2D eigenvalue weighted by Gasteiger charge is 2.14. The highest BCUT2D eigenvalue weighted by molar-refractivity contribution is 8.00. The van der Waals surface area contributed by atoms with E-state index >= 15 is 0 Å². The first-order chi connectivity index (χ1) is 25.0. The van der Waals surface area contributed by atoms with E-state index in [9.17, 15) is 14.5 Å². The van der Waals surface area contributed by atoms with Gasteiger partial charge >= 0.3 is 0 Å². The Hall–Kier alpha value is -0.490. The first-order valence-electron chi connectivity index (χ1n) is 22.4. The molecular formula is C43H87N2O4PS. The molecule has 0 radical (unpaired) electrons. The topological polar surface area (TPSA) is 87.7 Å². The molecule has 0 fully saturated rings. The quantitative estimate of drug-likeness (QED) is 0.0426. The van der Waals surface area contributed by atoms with Crippen LogP contribution in [0.1, 0.15) is 245 Å². The van der Waals surface area contributed by atoms with Gasteiger partial charge in [-0.1, -0.05) is 219 Å². The van der Waals surface area contributed by atoms with E-state index in [0.717, 1.165) is 25.7 Å². The second-order valence-corrected chi connectivity index (χ2v) is 17.2. The smallest absolute Gasteiger partial charge is 0.220 e. The van der Waals surface area contributed by atoms with Crippen LogP contribution in [0.15, 0.2) is 0 Å². The molecule has 0 aromatic rings. The van der Waals surface area contributed by atoms with Gasteiger partial charge in [0.2, 0.25) is 11.8 Å². The fraction of sp³-hybridized carbons (Fsp3) is 0.953. The van der Waals surface area contributed by atoms with Crippen molar-refractivity contribution in [2.45, 2.75) is 251 Å². The van der Waals surface area contributed by atoms with Crippen molar-refractivity contribution in [1.29, 1.82) is 0 Å². The van der Waals surface area contributed by atoms with E-state index in [1.54, 1.807) is 0 Å². The first kappa shape index (κ1) is 50.5. The maximum absolute atomic E-state index is 12.4. The summed E-state index contributed by atoms with van der Waals surface area (Å²) in [7, 11) is -2.34. The summed E-state index contributed by atoms with van der Waals surface area (Å²) in [4.78, 5) is 34.4. The van der Waals surface area contributed by atoms with Crippen LogP contribution in [0.2, 0.25) is 0 Å². The first-order valence-corrected chi connectivity index (χ1v) is 24.9.